The van der Waals surface area contributed by atoms with Gasteiger partial charge in [0.25, 0.3) is 0 Å². The molecule has 1 fully saturated rings. The maximum atomic E-state index is 13.3. The fourth-order valence-corrected chi connectivity index (χ4v) is 5.24. The summed E-state index contributed by atoms with van der Waals surface area (Å²) in [4.78, 5) is 28.3. The Labute approximate surface area is 211 Å². The molecule has 204 valence electrons. The topological polar surface area (TPSA) is 96.0 Å². The van der Waals surface area contributed by atoms with Gasteiger partial charge in [0.2, 0.25) is 15.9 Å². The van der Waals surface area contributed by atoms with Gasteiger partial charge in [0.15, 0.2) is 0 Å². The molecule has 0 saturated carbocycles. The number of piperidine rings is 1. The number of carbonyl (C=O) groups is 2. The number of amides is 2. The van der Waals surface area contributed by atoms with Crippen LogP contribution in [0.2, 0.25) is 0 Å². The molecule has 1 aromatic carbocycles. The van der Waals surface area contributed by atoms with E-state index in [9.17, 15) is 31.2 Å². The first-order valence-electron chi connectivity index (χ1n) is 11.8. The summed E-state index contributed by atoms with van der Waals surface area (Å²) in [7, 11) is -2.65. The molecule has 0 bridgehead atoms. The second-order valence-electron chi connectivity index (χ2n) is 10.5. The minimum Gasteiger partial charge on any atom is -0.444 e. The van der Waals surface area contributed by atoms with Crippen LogP contribution < -0.4 is 4.72 Å². The lowest BCUT2D eigenvalue weighted by molar-refractivity contribution is -0.138. The van der Waals surface area contributed by atoms with Gasteiger partial charge in [0.1, 0.15) is 11.6 Å². The quantitative estimate of drug-likeness (QED) is 0.563. The van der Waals surface area contributed by atoms with Crippen LogP contribution in [-0.4, -0.2) is 68.0 Å². The van der Waals surface area contributed by atoms with Crippen molar-refractivity contribution in [1.29, 1.82) is 0 Å². The van der Waals surface area contributed by atoms with Crippen LogP contribution in [0.5, 0.6) is 0 Å². The van der Waals surface area contributed by atoms with Crippen molar-refractivity contribution in [3.8, 4) is 0 Å². The van der Waals surface area contributed by atoms with Crippen molar-refractivity contribution in [3.63, 3.8) is 0 Å². The summed E-state index contributed by atoms with van der Waals surface area (Å²) in [6, 6.07) is 2.29. The Morgan fingerprint density at radius 2 is 1.75 bits per heavy atom. The Kier molecular flexibility index (Phi) is 9.44. The summed E-state index contributed by atoms with van der Waals surface area (Å²) in [5.41, 5.74) is -1.76. The lowest BCUT2D eigenvalue weighted by atomic mass is 9.99. The number of ether oxygens (including phenoxy) is 1. The number of sulfonamides is 1. The molecular weight excluding hydrogens is 499 g/mol. The first-order chi connectivity index (χ1) is 16.4. The van der Waals surface area contributed by atoms with Gasteiger partial charge < -0.3 is 9.64 Å². The molecule has 36 heavy (non-hydrogen) atoms. The molecule has 1 atom stereocenters. The molecule has 1 saturated heterocycles. The van der Waals surface area contributed by atoms with Gasteiger partial charge in [0, 0.05) is 26.2 Å². The van der Waals surface area contributed by atoms with Crippen LogP contribution in [0.25, 0.3) is 0 Å². The third kappa shape index (κ3) is 8.36. The molecule has 2 amide bonds. The van der Waals surface area contributed by atoms with Gasteiger partial charge in [-0.25, -0.2) is 17.9 Å². The molecule has 0 radical (unpaired) electrons. The second-order valence-corrected chi connectivity index (χ2v) is 12.2. The summed E-state index contributed by atoms with van der Waals surface area (Å²) in [5, 5.41) is 0. The average molecular weight is 536 g/mol. The highest BCUT2D eigenvalue weighted by Gasteiger charge is 2.36. The predicted octanol–water partition coefficient (Wildman–Crippen LogP) is 4.26. The molecule has 1 aromatic rings. The number of rotatable bonds is 7. The van der Waals surface area contributed by atoms with Crippen LogP contribution >= 0.6 is 0 Å². The number of hydrogen-bond acceptors (Lipinski definition) is 5. The van der Waals surface area contributed by atoms with E-state index in [1.807, 2.05) is 13.8 Å². The molecule has 1 N–H and O–H groups in total. The van der Waals surface area contributed by atoms with E-state index in [1.54, 1.807) is 25.7 Å². The standard InChI is InChI=1S/C24H36F3N3O5S/c1-16(2)14-20(29(6)22(32)35-23(3,4)5)21(31)30-12-10-18(11-13-30)28-36(33,34)19-9-7-8-17(15-19)24(25,26)27/h7-9,15-16,18,20,28H,10-14H2,1-6H3. The number of nitrogens with zero attached hydrogens (tertiary/aromatic N) is 2. The highest BCUT2D eigenvalue weighted by Crippen LogP contribution is 2.30. The fourth-order valence-electron chi connectivity index (χ4n) is 3.89. The highest BCUT2D eigenvalue weighted by atomic mass is 32.2. The first kappa shape index (κ1) is 29.9. The number of likely N-dealkylation sites (tertiary alicyclic amines) is 1. The van der Waals surface area contributed by atoms with E-state index in [0.29, 0.717) is 12.5 Å². The SMILES string of the molecule is CC(C)CC(C(=O)N1CCC(NS(=O)(=O)c2cccc(C(F)(F)F)c2)CC1)N(C)C(=O)OC(C)(C)C. The van der Waals surface area contributed by atoms with E-state index in [4.69, 9.17) is 4.74 Å². The maximum Gasteiger partial charge on any atom is 0.416 e. The number of halogens is 3. The van der Waals surface area contributed by atoms with Gasteiger partial charge in [-0.15, -0.1) is 0 Å². The van der Waals surface area contributed by atoms with Crippen LogP contribution in [-0.2, 0) is 25.7 Å². The van der Waals surface area contributed by atoms with Crippen LogP contribution in [0.1, 0.15) is 59.4 Å². The molecule has 1 heterocycles. The van der Waals surface area contributed by atoms with Gasteiger partial charge in [-0.05, 0) is 64.2 Å². The van der Waals surface area contributed by atoms with E-state index in [1.165, 1.54) is 11.9 Å². The number of benzene rings is 1. The van der Waals surface area contributed by atoms with E-state index >= 15 is 0 Å². The number of nitrogens with one attached hydrogen (secondary N) is 1. The Morgan fingerprint density at radius 1 is 1.17 bits per heavy atom. The van der Waals surface area contributed by atoms with E-state index in [-0.39, 0.29) is 37.8 Å². The molecule has 2 rings (SSSR count). The van der Waals surface area contributed by atoms with Crippen LogP contribution in [0.3, 0.4) is 0 Å². The monoisotopic (exact) mass is 535 g/mol. The van der Waals surface area contributed by atoms with Crippen LogP contribution in [0.4, 0.5) is 18.0 Å². The zero-order valence-electron chi connectivity index (χ0n) is 21.6. The van der Waals surface area contributed by atoms with Crippen molar-refractivity contribution >= 4 is 22.0 Å². The lowest BCUT2D eigenvalue weighted by Crippen LogP contribution is -2.54. The maximum absolute atomic E-state index is 13.3. The molecule has 0 spiro atoms. The van der Waals surface area contributed by atoms with E-state index in [2.05, 4.69) is 4.72 Å². The molecule has 1 aliphatic rings. The zero-order valence-corrected chi connectivity index (χ0v) is 22.4. The zero-order chi connectivity index (χ0) is 27.5. The van der Waals surface area contributed by atoms with Crippen molar-refractivity contribution in [2.45, 2.75) is 82.6 Å². The van der Waals surface area contributed by atoms with Crippen molar-refractivity contribution < 1.29 is 35.9 Å². The van der Waals surface area contributed by atoms with Gasteiger partial charge >= 0.3 is 12.3 Å². The normalized spacial score (nSPS) is 16.7. The first-order valence-corrected chi connectivity index (χ1v) is 13.3. The Balaban J connectivity index is 2.06. The number of alkyl halides is 3. The Bertz CT molecular complexity index is 1030. The molecule has 1 aliphatic heterocycles. The lowest BCUT2D eigenvalue weighted by Gasteiger charge is -2.37. The smallest absolute Gasteiger partial charge is 0.416 e. The highest BCUT2D eigenvalue weighted by molar-refractivity contribution is 7.89. The Hall–Kier alpha value is -2.34. The molecule has 12 heteroatoms. The van der Waals surface area contributed by atoms with E-state index < -0.39 is 50.4 Å². The molecule has 0 aromatic heterocycles. The molecule has 0 aliphatic carbocycles. The third-order valence-corrected chi connectivity index (χ3v) is 7.25. The second kappa shape index (κ2) is 11.4. The predicted molar refractivity (Wildman–Crippen MR) is 129 cm³/mol. The Morgan fingerprint density at radius 3 is 2.25 bits per heavy atom. The van der Waals surface area contributed by atoms with Crippen molar-refractivity contribution in [2.24, 2.45) is 5.92 Å². The van der Waals surface area contributed by atoms with E-state index in [0.717, 1.165) is 18.2 Å². The molecular formula is C24H36F3N3O5S. The summed E-state index contributed by atoms with van der Waals surface area (Å²) in [5.74, 6) is -0.128. The molecule has 1 unspecified atom stereocenters. The summed E-state index contributed by atoms with van der Waals surface area (Å²) < 4.78 is 72.2. The number of likely N-dealkylation sites (N-methyl/N-ethyl adjacent to an activating group) is 1. The van der Waals surface area contributed by atoms with Gasteiger partial charge in [-0.3, -0.25) is 9.69 Å². The van der Waals surface area contributed by atoms with Crippen molar-refractivity contribution in [3.05, 3.63) is 29.8 Å². The van der Waals surface area contributed by atoms with Gasteiger partial charge in [0.05, 0.1) is 10.5 Å². The average Bonchev–Trinajstić information content (AvgIpc) is 2.75. The number of carbonyl (C=O) groups excluding carboxylic acids is 2. The van der Waals surface area contributed by atoms with Crippen molar-refractivity contribution in [1.82, 2.24) is 14.5 Å². The third-order valence-electron chi connectivity index (χ3n) is 5.73. The summed E-state index contributed by atoms with van der Waals surface area (Å²) in [6.45, 7) is 9.59. The van der Waals surface area contributed by atoms with Crippen molar-refractivity contribution in [2.75, 3.05) is 20.1 Å². The largest absolute Gasteiger partial charge is 0.444 e. The van der Waals surface area contributed by atoms with Gasteiger partial charge in [-0.2, -0.15) is 13.2 Å². The van der Waals surface area contributed by atoms with Gasteiger partial charge in [-0.1, -0.05) is 19.9 Å². The van der Waals surface area contributed by atoms with Crippen LogP contribution in [0, 0.1) is 5.92 Å². The van der Waals surface area contributed by atoms with Crippen LogP contribution in [0.15, 0.2) is 29.2 Å². The number of hydrogen-bond donors (Lipinski definition) is 1. The molecule has 8 nitrogen and oxygen atoms in total. The minimum absolute atomic E-state index is 0.126. The summed E-state index contributed by atoms with van der Waals surface area (Å²) in [6.07, 6.45) is -4.26. The summed E-state index contributed by atoms with van der Waals surface area (Å²) >= 11 is 0. The minimum atomic E-state index is -4.66. The fraction of sp³-hybridized carbons (Fsp3) is 0.667.